The van der Waals surface area contributed by atoms with Crippen molar-refractivity contribution in [1.82, 2.24) is 25.7 Å². The van der Waals surface area contributed by atoms with Crippen molar-refractivity contribution in [1.29, 1.82) is 0 Å². The highest BCUT2D eigenvalue weighted by molar-refractivity contribution is 5.96. The molecule has 4 aromatic rings. The lowest BCUT2D eigenvalue weighted by atomic mass is 9.98. The predicted molar refractivity (Wildman–Crippen MR) is 115 cm³/mol. The number of amides is 1. The number of aliphatic hydroxyl groups is 1. The van der Waals surface area contributed by atoms with E-state index in [1.807, 2.05) is 18.2 Å². The van der Waals surface area contributed by atoms with Crippen molar-refractivity contribution in [3.63, 3.8) is 0 Å². The van der Waals surface area contributed by atoms with Gasteiger partial charge in [0.2, 0.25) is 5.65 Å². The van der Waals surface area contributed by atoms with Gasteiger partial charge in [0.25, 0.3) is 5.91 Å². The average molecular weight is 401 g/mol. The molecular weight excluding hydrogens is 378 g/mol. The first-order valence-corrected chi connectivity index (χ1v) is 9.88. The quantitative estimate of drug-likeness (QED) is 0.441. The Bertz CT molecular complexity index is 1120. The molecule has 2 atom stereocenters. The van der Waals surface area contributed by atoms with Crippen molar-refractivity contribution in [3.8, 4) is 11.1 Å². The zero-order chi connectivity index (χ0) is 20.9. The second-order valence-electron chi connectivity index (χ2n) is 7.41. The molecule has 0 aliphatic rings. The first-order chi connectivity index (χ1) is 14.6. The van der Waals surface area contributed by atoms with Gasteiger partial charge in [0.05, 0.1) is 11.7 Å². The Morgan fingerprint density at radius 1 is 1.07 bits per heavy atom. The van der Waals surface area contributed by atoms with E-state index in [2.05, 4.69) is 62.1 Å². The van der Waals surface area contributed by atoms with E-state index in [1.54, 1.807) is 13.0 Å². The van der Waals surface area contributed by atoms with Crippen molar-refractivity contribution >= 4 is 17.1 Å². The Kier molecular flexibility index (Phi) is 5.81. The summed E-state index contributed by atoms with van der Waals surface area (Å²) in [6.07, 6.45) is 2.01. The van der Waals surface area contributed by atoms with Gasteiger partial charge in [0.15, 0.2) is 0 Å². The molecule has 1 amide bonds. The fourth-order valence-corrected chi connectivity index (χ4v) is 3.49. The third kappa shape index (κ3) is 4.69. The van der Waals surface area contributed by atoms with Crippen LogP contribution in [0.3, 0.4) is 0 Å². The summed E-state index contributed by atoms with van der Waals surface area (Å²) in [7, 11) is 0. The lowest BCUT2D eigenvalue weighted by molar-refractivity contribution is 0.0917. The molecule has 0 saturated heterocycles. The Balaban J connectivity index is 1.47. The number of hydrogen-bond donors (Lipinski definition) is 3. The SMILES string of the molecule is C[C@H](O)C[C@@H](Cc1ccc(-c2ccccc2)cc1)NC(=O)c1cnc2n[nH]nc2c1. The van der Waals surface area contributed by atoms with Crippen LogP contribution in [0.4, 0.5) is 0 Å². The maximum absolute atomic E-state index is 12.7. The van der Waals surface area contributed by atoms with Crippen molar-refractivity contribution in [2.75, 3.05) is 0 Å². The number of nitrogens with zero attached hydrogens (tertiary/aromatic N) is 3. The molecule has 0 spiro atoms. The van der Waals surface area contributed by atoms with Gasteiger partial charge in [0, 0.05) is 12.2 Å². The molecular formula is C23H23N5O2. The number of aliphatic hydroxyl groups excluding tert-OH is 1. The van der Waals surface area contributed by atoms with Gasteiger partial charge < -0.3 is 10.4 Å². The molecule has 2 heterocycles. The number of rotatable bonds is 7. The summed E-state index contributed by atoms with van der Waals surface area (Å²) >= 11 is 0. The maximum atomic E-state index is 12.7. The van der Waals surface area contributed by atoms with E-state index in [0.29, 0.717) is 29.6 Å². The van der Waals surface area contributed by atoms with E-state index in [-0.39, 0.29) is 11.9 Å². The number of fused-ring (bicyclic) bond motifs is 1. The lowest BCUT2D eigenvalue weighted by Gasteiger charge is -2.20. The zero-order valence-electron chi connectivity index (χ0n) is 16.6. The first kappa shape index (κ1) is 19.7. The Hall–Kier alpha value is -3.58. The smallest absolute Gasteiger partial charge is 0.253 e. The van der Waals surface area contributed by atoms with Gasteiger partial charge in [0.1, 0.15) is 5.52 Å². The molecule has 30 heavy (non-hydrogen) atoms. The van der Waals surface area contributed by atoms with Crippen molar-refractivity contribution in [2.45, 2.75) is 31.9 Å². The third-order valence-electron chi connectivity index (χ3n) is 4.94. The summed E-state index contributed by atoms with van der Waals surface area (Å²) in [5.41, 5.74) is 4.80. The minimum atomic E-state index is -0.532. The maximum Gasteiger partial charge on any atom is 0.253 e. The molecule has 0 radical (unpaired) electrons. The van der Waals surface area contributed by atoms with Crippen LogP contribution >= 0.6 is 0 Å². The Morgan fingerprint density at radius 2 is 1.80 bits per heavy atom. The van der Waals surface area contributed by atoms with Crippen LogP contribution in [-0.4, -0.2) is 43.6 Å². The van der Waals surface area contributed by atoms with Gasteiger partial charge in [-0.1, -0.05) is 54.6 Å². The van der Waals surface area contributed by atoms with E-state index in [9.17, 15) is 9.90 Å². The largest absolute Gasteiger partial charge is 0.393 e. The van der Waals surface area contributed by atoms with Gasteiger partial charge in [-0.15, -0.1) is 5.10 Å². The molecule has 0 fully saturated rings. The predicted octanol–water partition coefficient (Wildman–Crippen LogP) is 3.13. The molecule has 3 N–H and O–H groups in total. The highest BCUT2D eigenvalue weighted by atomic mass is 16.3. The number of carbonyl (C=O) groups excluding carboxylic acids is 1. The molecule has 0 saturated carbocycles. The molecule has 4 rings (SSSR count). The molecule has 152 valence electrons. The normalized spacial score (nSPS) is 13.1. The van der Waals surface area contributed by atoms with Gasteiger partial charge in [-0.05, 0) is 42.5 Å². The summed E-state index contributed by atoms with van der Waals surface area (Å²) in [6.45, 7) is 1.72. The number of carbonyl (C=O) groups is 1. The number of pyridine rings is 1. The Labute approximate surface area is 174 Å². The van der Waals surface area contributed by atoms with E-state index in [1.165, 1.54) is 6.20 Å². The summed E-state index contributed by atoms with van der Waals surface area (Å²) in [4.78, 5) is 16.9. The van der Waals surface area contributed by atoms with E-state index in [0.717, 1.165) is 16.7 Å². The van der Waals surface area contributed by atoms with Crippen LogP contribution in [0.25, 0.3) is 22.3 Å². The summed E-state index contributed by atoms with van der Waals surface area (Å²) in [5, 5.41) is 23.3. The second kappa shape index (κ2) is 8.84. The van der Waals surface area contributed by atoms with Crippen LogP contribution in [0.2, 0.25) is 0 Å². The Morgan fingerprint density at radius 3 is 2.53 bits per heavy atom. The average Bonchev–Trinajstić information content (AvgIpc) is 3.22. The van der Waals surface area contributed by atoms with Crippen LogP contribution in [0.5, 0.6) is 0 Å². The number of nitrogens with one attached hydrogen (secondary N) is 2. The van der Waals surface area contributed by atoms with E-state index < -0.39 is 6.10 Å². The van der Waals surface area contributed by atoms with Gasteiger partial charge >= 0.3 is 0 Å². The minimum Gasteiger partial charge on any atom is -0.393 e. The van der Waals surface area contributed by atoms with Crippen LogP contribution in [0.15, 0.2) is 66.9 Å². The number of hydrogen-bond acceptors (Lipinski definition) is 5. The van der Waals surface area contributed by atoms with Crippen LogP contribution in [0.1, 0.15) is 29.3 Å². The highest BCUT2D eigenvalue weighted by Crippen LogP contribution is 2.20. The zero-order valence-corrected chi connectivity index (χ0v) is 16.6. The van der Waals surface area contributed by atoms with E-state index in [4.69, 9.17) is 0 Å². The van der Waals surface area contributed by atoms with Crippen molar-refractivity contribution in [3.05, 3.63) is 78.0 Å². The standard InChI is InChI=1S/C23H23N5O2/c1-15(29)11-20(25-23(30)19-13-21-22(24-14-19)27-28-26-21)12-16-7-9-18(10-8-16)17-5-3-2-4-6-17/h2-10,13-15,20,29H,11-12H2,1H3,(H,25,30)(H,24,26,27,28)/t15-,20-/m0/s1. The first-order valence-electron chi connectivity index (χ1n) is 9.88. The van der Waals surface area contributed by atoms with Crippen molar-refractivity contribution < 1.29 is 9.90 Å². The molecule has 0 unspecified atom stereocenters. The second-order valence-corrected chi connectivity index (χ2v) is 7.41. The molecule has 7 heteroatoms. The lowest BCUT2D eigenvalue weighted by Crippen LogP contribution is -2.38. The van der Waals surface area contributed by atoms with Gasteiger partial charge in [-0.3, -0.25) is 4.79 Å². The van der Waals surface area contributed by atoms with Crippen LogP contribution in [0, 0.1) is 0 Å². The highest BCUT2D eigenvalue weighted by Gasteiger charge is 2.18. The fourth-order valence-electron chi connectivity index (χ4n) is 3.49. The van der Waals surface area contributed by atoms with Gasteiger partial charge in [-0.2, -0.15) is 10.3 Å². The number of aromatic nitrogens is 4. The summed E-state index contributed by atoms with van der Waals surface area (Å²) in [6, 6.07) is 19.9. The topological polar surface area (TPSA) is 104 Å². The third-order valence-corrected chi connectivity index (χ3v) is 4.94. The number of H-pyrrole nitrogens is 1. The monoisotopic (exact) mass is 401 g/mol. The molecule has 0 bridgehead atoms. The number of benzene rings is 2. The molecule has 2 aromatic heterocycles. The van der Waals surface area contributed by atoms with Crippen LogP contribution < -0.4 is 5.32 Å². The summed E-state index contributed by atoms with van der Waals surface area (Å²) in [5.74, 6) is -0.251. The van der Waals surface area contributed by atoms with Crippen molar-refractivity contribution in [2.24, 2.45) is 0 Å². The molecule has 7 nitrogen and oxygen atoms in total. The fraction of sp³-hybridized carbons (Fsp3) is 0.217. The molecule has 2 aromatic carbocycles. The van der Waals surface area contributed by atoms with E-state index >= 15 is 0 Å². The minimum absolute atomic E-state index is 0.215. The summed E-state index contributed by atoms with van der Waals surface area (Å²) < 4.78 is 0. The molecule has 0 aliphatic carbocycles. The van der Waals surface area contributed by atoms with Gasteiger partial charge in [-0.25, -0.2) is 4.98 Å². The number of aromatic amines is 1. The van der Waals surface area contributed by atoms with Crippen LogP contribution in [-0.2, 0) is 6.42 Å². The molecule has 0 aliphatic heterocycles.